The summed E-state index contributed by atoms with van der Waals surface area (Å²) in [5.74, 6) is 1.14. The van der Waals surface area contributed by atoms with Gasteiger partial charge in [0.1, 0.15) is 0 Å². The Hall–Kier alpha value is -0.120. The van der Waals surface area contributed by atoms with Gasteiger partial charge in [-0.3, -0.25) is 0 Å². The predicted octanol–water partition coefficient (Wildman–Crippen LogP) is 2.95. The minimum atomic E-state index is -0.205. The zero-order chi connectivity index (χ0) is 14.0. The van der Waals surface area contributed by atoms with Gasteiger partial charge in [-0.05, 0) is 24.7 Å². The molecule has 0 aromatic heterocycles. The van der Waals surface area contributed by atoms with Crippen LogP contribution in [0.5, 0.6) is 0 Å². The van der Waals surface area contributed by atoms with Gasteiger partial charge in [-0.2, -0.15) is 0 Å². The molecule has 0 fully saturated rings. The summed E-state index contributed by atoms with van der Waals surface area (Å²) in [4.78, 5) is 0. The highest BCUT2D eigenvalue weighted by molar-refractivity contribution is 4.74. The molecule has 0 radical (unpaired) electrons. The number of nitrogens with two attached hydrogens (primary N) is 1. The Balaban J connectivity index is 4.03. The lowest BCUT2D eigenvalue weighted by molar-refractivity contribution is -0.0235. The van der Waals surface area contributed by atoms with Gasteiger partial charge < -0.3 is 15.6 Å². The predicted molar refractivity (Wildman–Crippen MR) is 77.6 cm³/mol. The second-order valence-electron chi connectivity index (χ2n) is 5.76. The molecule has 0 bridgehead atoms. The Morgan fingerprint density at radius 3 is 2.33 bits per heavy atom. The zero-order valence-corrected chi connectivity index (χ0v) is 12.7. The molecule has 0 saturated heterocycles. The van der Waals surface area contributed by atoms with E-state index in [0.29, 0.717) is 11.8 Å². The van der Waals surface area contributed by atoms with E-state index in [4.69, 9.17) is 10.5 Å². The third-order valence-electron chi connectivity index (χ3n) is 3.49. The summed E-state index contributed by atoms with van der Waals surface area (Å²) in [7, 11) is 0. The monoisotopic (exact) mass is 259 g/mol. The molecule has 0 amide bonds. The van der Waals surface area contributed by atoms with Crippen LogP contribution in [0.2, 0.25) is 0 Å². The SMILES string of the molecule is CCCCC(CC)COC(CO)C(N)CC(C)C. The Morgan fingerprint density at radius 2 is 1.89 bits per heavy atom. The van der Waals surface area contributed by atoms with Crippen molar-refractivity contribution in [3.05, 3.63) is 0 Å². The summed E-state index contributed by atoms with van der Waals surface area (Å²) in [5, 5.41) is 9.37. The van der Waals surface area contributed by atoms with Crippen molar-refractivity contribution >= 4 is 0 Å². The maximum absolute atomic E-state index is 9.37. The average Bonchev–Trinajstić information content (AvgIpc) is 2.32. The minimum absolute atomic E-state index is 0.0259. The largest absolute Gasteiger partial charge is 0.394 e. The summed E-state index contributed by atoms with van der Waals surface area (Å²) < 4.78 is 5.83. The van der Waals surface area contributed by atoms with Crippen LogP contribution in [0.4, 0.5) is 0 Å². The van der Waals surface area contributed by atoms with Crippen molar-refractivity contribution in [1.29, 1.82) is 0 Å². The van der Waals surface area contributed by atoms with Gasteiger partial charge in [-0.1, -0.05) is 47.0 Å². The fourth-order valence-corrected chi connectivity index (χ4v) is 2.17. The average molecular weight is 259 g/mol. The van der Waals surface area contributed by atoms with Crippen molar-refractivity contribution in [1.82, 2.24) is 0 Å². The number of hydrogen-bond acceptors (Lipinski definition) is 3. The van der Waals surface area contributed by atoms with Gasteiger partial charge >= 0.3 is 0 Å². The maximum Gasteiger partial charge on any atom is 0.0956 e. The Bertz CT molecular complexity index is 185. The molecule has 0 aliphatic carbocycles. The lowest BCUT2D eigenvalue weighted by atomic mass is 9.99. The topological polar surface area (TPSA) is 55.5 Å². The van der Waals surface area contributed by atoms with E-state index in [9.17, 15) is 5.11 Å². The maximum atomic E-state index is 9.37. The van der Waals surface area contributed by atoms with E-state index in [2.05, 4.69) is 27.7 Å². The number of aliphatic hydroxyl groups excluding tert-OH is 1. The van der Waals surface area contributed by atoms with E-state index in [0.717, 1.165) is 19.4 Å². The summed E-state index contributed by atoms with van der Waals surface area (Å²) in [6.07, 6.45) is 5.53. The Morgan fingerprint density at radius 1 is 1.22 bits per heavy atom. The van der Waals surface area contributed by atoms with Crippen molar-refractivity contribution < 1.29 is 9.84 Å². The Kier molecular flexibility index (Phi) is 10.7. The molecule has 0 aliphatic heterocycles. The number of aliphatic hydroxyl groups is 1. The third-order valence-corrected chi connectivity index (χ3v) is 3.49. The molecule has 3 nitrogen and oxygen atoms in total. The normalized spacial score (nSPS) is 16.8. The summed E-state index contributed by atoms with van der Waals surface area (Å²) in [5.41, 5.74) is 6.07. The molecular weight excluding hydrogens is 226 g/mol. The standard InChI is InChI=1S/C15H33NO2/c1-5-7-8-13(6-2)11-18-15(10-17)14(16)9-12(3)4/h12-15,17H,5-11,16H2,1-4H3. The molecule has 0 aromatic rings. The van der Waals surface area contributed by atoms with Crippen LogP contribution >= 0.6 is 0 Å². The van der Waals surface area contributed by atoms with Gasteiger partial charge in [-0.15, -0.1) is 0 Å². The highest BCUT2D eigenvalue weighted by Gasteiger charge is 2.20. The molecule has 0 aromatic carbocycles. The molecule has 0 spiro atoms. The van der Waals surface area contributed by atoms with Gasteiger partial charge in [0.2, 0.25) is 0 Å². The molecule has 3 unspecified atom stereocenters. The molecule has 0 aliphatic rings. The van der Waals surface area contributed by atoms with Crippen LogP contribution < -0.4 is 5.73 Å². The molecule has 0 saturated carbocycles. The minimum Gasteiger partial charge on any atom is -0.394 e. The fraction of sp³-hybridized carbons (Fsp3) is 1.00. The van der Waals surface area contributed by atoms with Crippen molar-refractivity contribution in [2.45, 2.75) is 71.9 Å². The number of ether oxygens (including phenoxy) is 1. The van der Waals surface area contributed by atoms with Crippen LogP contribution in [0.1, 0.15) is 59.8 Å². The molecule has 3 N–H and O–H groups in total. The van der Waals surface area contributed by atoms with E-state index >= 15 is 0 Å². The van der Waals surface area contributed by atoms with Gasteiger partial charge in [-0.25, -0.2) is 0 Å². The lowest BCUT2D eigenvalue weighted by Crippen LogP contribution is -2.41. The second kappa shape index (κ2) is 10.8. The van der Waals surface area contributed by atoms with Gasteiger partial charge in [0.05, 0.1) is 12.7 Å². The van der Waals surface area contributed by atoms with Crippen LogP contribution in [0.3, 0.4) is 0 Å². The van der Waals surface area contributed by atoms with E-state index < -0.39 is 0 Å². The van der Waals surface area contributed by atoms with E-state index in [1.165, 1.54) is 19.3 Å². The molecule has 0 heterocycles. The van der Waals surface area contributed by atoms with Crippen LogP contribution in [0.15, 0.2) is 0 Å². The summed E-state index contributed by atoms with van der Waals surface area (Å²) in [6, 6.07) is -0.0568. The van der Waals surface area contributed by atoms with Gasteiger partial charge in [0.15, 0.2) is 0 Å². The fourth-order valence-electron chi connectivity index (χ4n) is 2.17. The highest BCUT2D eigenvalue weighted by Crippen LogP contribution is 2.15. The van der Waals surface area contributed by atoms with Crippen molar-refractivity contribution in [3.8, 4) is 0 Å². The van der Waals surface area contributed by atoms with Crippen molar-refractivity contribution in [3.63, 3.8) is 0 Å². The first-order valence-electron chi connectivity index (χ1n) is 7.53. The third kappa shape index (κ3) is 8.06. The first-order valence-corrected chi connectivity index (χ1v) is 7.53. The molecule has 3 atom stereocenters. The van der Waals surface area contributed by atoms with Crippen LogP contribution in [-0.2, 0) is 4.74 Å². The molecule has 110 valence electrons. The first kappa shape index (κ1) is 17.9. The van der Waals surface area contributed by atoms with Crippen LogP contribution in [0, 0.1) is 11.8 Å². The number of rotatable bonds is 11. The Labute approximate surface area is 113 Å². The zero-order valence-electron chi connectivity index (χ0n) is 12.7. The number of unbranched alkanes of at least 4 members (excludes halogenated alkanes) is 1. The quantitative estimate of drug-likeness (QED) is 0.600. The second-order valence-corrected chi connectivity index (χ2v) is 5.76. The van der Waals surface area contributed by atoms with Gasteiger partial charge in [0.25, 0.3) is 0 Å². The van der Waals surface area contributed by atoms with E-state index in [1.54, 1.807) is 0 Å². The molecular formula is C15H33NO2. The van der Waals surface area contributed by atoms with Crippen LogP contribution in [-0.4, -0.2) is 30.5 Å². The van der Waals surface area contributed by atoms with E-state index in [1.807, 2.05) is 0 Å². The lowest BCUT2D eigenvalue weighted by Gasteiger charge is -2.26. The number of hydrogen-bond donors (Lipinski definition) is 2. The van der Waals surface area contributed by atoms with E-state index in [-0.39, 0.29) is 18.8 Å². The molecule has 3 heteroatoms. The molecule has 18 heavy (non-hydrogen) atoms. The summed E-state index contributed by atoms with van der Waals surface area (Å²) in [6.45, 7) is 9.45. The summed E-state index contributed by atoms with van der Waals surface area (Å²) >= 11 is 0. The molecule has 0 rings (SSSR count). The smallest absolute Gasteiger partial charge is 0.0956 e. The van der Waals surface area contributed by atoms with Crippen molar-refractivity contribution in [2.75, 3.05) is 13.2 Å². The van der Waals surface area contributed by atoms with Gasteiger partial charge in [0, 0.05) is 12.6 Å². The van der Waals surface area contributed by atoms with Crippen LogP contribution in [0.25, 0.3) is 0 Å². The highest BCUT2D eigenvalue weighted by atomic mass is 16.5. The van der Waals surface area contributed by atoms with Crippen molar-refractivity contribution in [2.24, 2.45) is 17.6 Å². The first-order chi connectivity index (χ1) is 8.54.